The number of allylic oxidation sites excluding steroid dienone is 2. The number of aliphatic hydroxyl groups is 3. The molecule has 4 aliphatic carbocycles. The van der Waals surface area contributed by atoms with Gasteiger partial charge < -0.3 is 20.6 Å². The monoisotopic (exact) mass is 442 g/mol. The summed E-state index contributed by atoms with van der Waals surface area (Å²) in [6.07, 6.45) is 7.23. The lowest BCUT2D eigenvalue weighted by molar-refractivity contribution is -0.115. The molecule has 0 aliphatic heterocycles. The molecule has 6 nitrogen and oxygen atoms in total. The van der Waals surface area contributed by atoms with Crippen LogP contribution < -0.4 is 5.32 Å². The average molecular weight is 443 g/mol. The number of amides is 1. The Hall–Kier alpha value is -2.09. The fraction of sp³-hybridized carbons (Fsp3) is 0.600. The van der Waals surface area contributed by atoms with E-state index in [2.05, 4.69) is 10.3 Å². The van der Waals surface area contributed by atoms with E-state index < -0.39 is 34.8 Å². The third kappa shape index (κ3) is 3.09. The summed E-state index contributed by atoms with van der Waals surface area (Å²) in [5.74, 6) is -0.949. The quantitative estimate of drug-likeness (QED) is 0.527. The van der Waals surface area contributed by atoms with E-state index in [0.29, 0.717) is 55.4 Å². The van der Waals surface area contributed by atoms with Gasteiger partial charge in [0.05, 0.1) is 23.6 Å². The van der Waals surface area contributed by atoms with Gasteiger partial charge in [-0.15, -0.1) is 0 Å². The number of aliphatic hydroxyl groups excluding tert-OH is 2. The topological polar surface area (TPSA) is 103 Å². The van der Waals surface area contributed by atoms with E-state index in [-0.39, 0.29) is 18.2 Å². The first-order valence-electron chi connectivity index (χ1n) is 11.6. The van der Waals surface area contributed by atoms with Crippen molar-refractivity contribution in [3.8, 4) is 0 Å². The Balaban J connectivity index is 1.46. The summed E-state index contributed by atoms with van der Waals surface area (Å²) in [7, 11) is 0. The van der Waals surface area contributed by atoms with Gasteiger partial charge in [0, 0.05) is 29.5 Å². The number of halogens is 1. The van der Waals surface area contributed by atoms with Crippen molar-refractivity contribution < 1.29 is 24.5 Å². The van der Waals surface area contributed by atoms with Crippen LogP contribution in [0.25, 0.3) is 0 Å². The molecule has 0 radical (unpaired) electrons. The molecule has 7 heteroatoms. The van der Waals surface area contributed by atoms with Crippen LogP contribution in [0.1, 0.15) is 51.9 Å². The summed E-state index contributed by atoms with van der Waals surface area (Å²) in [4.78, 5) is 17.1. The molecule has 2 fully saturated rings. The molecule has 0 bridgehead atoms. The van der Waals surface area contributed by atoms with Gasteiger partial charge in [0.15, 0.2) is 0 Å². The molecule has 5 rings (SSSR count). The molecule has 7 atom stereocenters. The number of rotatable bonds is 2. The zero-order valence-corrected chi connectivity index (χ0v) is 18.3. The summed E-state index contributed by atoms with van der Waals surface area (Å²) >= 11 is 0. The van der Waals surface area contributed by atoms with Crippen molar-refractivity contribution in [3.63, 3.8) is 0 Å². The average Bonchev–Trinajstić information content (AvgIpc) is 3.08. The minimum Gasteiger partial charge on any atom is -0.393 e. The predicted octanol–water partition coefficient (Wildman–Crippen LogP) is 3.06. The fourth-order valence-corrected chi connectivity index (χ4v) is 6.88. The largest absolute Gasteiger partial charge is 0.393 e. The van der Waals surface area contributed by atoms with E-state index in [9.17, 15) is 20.1 Å². The number of alkyl halides is 1. The second-order valence-corrected chi connectivity index (χ2v) is 10.3. The van der Waals surface area contributed by atoms with Crippen LogP contribution >= 0.6 is 0 Å². The molecule has 32 heavy (non-hydrogen) atoms. The molecule has 1 aromatic heterocycles. The van der Waals surface area contributed by atoms with Crippen LogP contribution in [0.5, 0.6) is 0 Å². The number of carbonyl (C=O) groups is 1. The van der Waals surface area contributed by atoms with Crippen LogP contribution in [0.2, 0.25) is 0 Å². The van der Waals surface area contributed by atoms with Gasteiger partial charge in [-0.1, -0.05) is 19.1 Å². The van der Waals surface area contributed by atoms with Gasteiger partial charge in [0.1, 0.15) is 11.8 Å². The molecule has 0 spiro atoms. The van der Waals surface area contributed by atoms with Crippen LogP contribution in [-0.4, -0.2) is 49.7 Å². The highest BCUT2D eigenvalue weighted by atomic mass is 19.1. The van der Waals surface area contributed by atoms with Crippen LogP contribution in [0.3, 0.4) is 0 Å². The smallest absolute Gasteiger partial charge is 0.251 e. The Kier molecular flexibility index (Phi) is 5.07. The molecular weight excluding hydrogens is 411 g/mol. The van der Waals surface area contributed by atoms with Gasteiger partial charge in [-0.3, -0.25) is 9.78 Å². The highest BCUT2D eigenvalue weighted by Gasteiger charge is 2.63. The molecule has 2 saturated carbocycles. The Morgan fingerprint density at radius 2 is 2.06 bits per heavy atom. The third-order valence-corrected chi connectivity index (χ3v) is 8.63. The van der Waals surface area contributed by atoms with Crippen molar-refractivity contribution in [1.29, 1.82) is 0 Å². The number of hydrogen-bond donors (Lipinski definition) is 4. The van der Waals surface area contributed by atoms with E-state index in [1.54, 1.807) is 30.6 Å². The predicted molar refractivity (Wildman–Crippen MR) is 117 cm³/mol. The highest BCUT2D eigenvalue weighted by Crippen LogP contribution is 2.61. The lowest BCUT2D eigenvalue weighted by Gasteiger charge is -2.50. The fourth-order valence-electron chi connectivity index (χ4n) is 6.88. The summed E-state index contributed by atoms with van der Waals surface area (Å²) in [6, 6.07) is 3.52. The number of nitrogens with zero attached hydrogens (tertiary/aromatic N) is 1. The first kappa shape index (κ1) is 21.7. The zero-order valence-electron chi connectivity index (χ0n) is 18.3. The Bertz CT molecular complexity index is 981. The number of hydrogen-bond acceptors (Lipinski definition) is 5. The maximum Gasteiger partial charge on any atom is 0.251 e. The van der Waals surface area contributed by atoms with Crippen LogP contribution in [0.4, 0.5) is 10.1 Å². The second-order valence-electron chi connectivity index (χ2n) is 10.3. The van der Waals surface area contributed by atoms with Crippen molar-refractivity contribution in [2.75, 3.05) is 5.32 Å². The number of anilines is 1. The van der Waals surface area contributed by atoms with E-state index >= 15 is 4.39 Å². The number of fused-ring (bicyclic) bond motifs is 4. The summed E-state index contributed by atoms with van der Waals surface area (Å²) in [5, 5.41) is 36.1. The summed E-state index contributed by atoms with van der Waals surface area (Å²) < 4.78 is 16.1. The third-order valence-electron chi connectivity index (χ3n) is 8.63. The minimum absolute atomic E-state index is 0.106. The maximum absolute atomic E-state index is 16.1. The van der Waals surface area contributed by atoms with Gasteiger partial charge in [0.2, 0.25) is 0 Å². The standard InChI is InChI=1S/C25H31FN2O4/c1-23-10-9-18-21(30)24(26)13-17(29)5-4-15(24)8-11-25(18,32)20(23)7-6-19(23)22(31)28-16-3-2-12-27-14-16/h2-3,6,9,12,14-15,17,20-21,29-30,32H,4-5,7-8,10-11,13H2,1H3,(H,28,31)/t15?,17?,20?,21?,23?,24?,25-/m1/s1. The number of nitrogens with one attached hydrogen (secondary N) is 1. The molecule has 4 N–H and O–H groups in total. The molecule has 0 aromatic carbocycles. The lowest BCUT2D eigenvalue weighted by atomic mass is 9.58. The highest BCUT2D eigenvalue weighted by molar-refractivity contribution is 6.05. The molecule has 1 aromatic rings. The van der Waals surface area contributed by atoms with E-state index in [1.807, 2.05) is 13.0 Å². The van der Waals surface area contributed by atoms with Gasteiger partial charge in [-0.25, -0.2) is 4.39 Å². The van der Waals surface area contributed by atoms with E-state index in [4.69, 9.17) is 0 Å². The van der Waals surface area contributed by atoms with Gasteiger partial charge in [0.25, 0.3) is 5.91 Å². The van der Waals surface area contributed by atoms with Crippen molar-refractivity contribution in [2.24, 2.45) is 17.3 Å². The van der Waals surface area contributed by atoms with Crippen LogP contribution in [0.15, 0.2) is 47.8 Å². The maximum atomic E-state index is 16.1. The molecule has 172 valence electrons. The number of aromatic nitrogens is 1. The summed E-state index contributed by atoms with van der Waals surface area (Å²) in [6.45, 7) is 1.98. The molecule has 6 unspecified atom stereocenters. The van der Waals surface area contributed by atoms with Crippen molar-refractivity contribution in [1.82, 2.24) is 4.98 Å². The molecule has 0 saturated heterocycles. The Labute approximate surface area is 187 Å². The van der Waals surface area contributed by atoms with Crippen molar-refractivity contribution in [2.45, 2.75) is 75.3 Å². The van der Waals surface area contributed by atoms with Crippen molar-refractivity contribution >= 4 is 11.6 Å². The molecule has 1 amide bonds. The first-order valence-corrected chi connectivity index (χ1v) is 11.6. The Morgan fingerprint density at radius 3 is 2.81 bits per heavy atom. The van der Waals surface area contributed by atoms with E-state index in [0.717, 1.165) is 0 Å². The van der Waals surface area contributed by atoms with Crippen molar-refractivity contribution in [3.05, 3.63) is 47.8 Å². The van der Waals surface area contributed by atoms with Crippen LogP contribution in [0, 0.1) is 17.3 Å². The number of pyridine rings is 1. The Morgan fingerprint density at radius 1 is 1.25 bits per heavy atom. The minimum atomic E-state index is -1.94. The zero-order chi connectivity index (χ0) is 22.7. The normalized spacial score (nSPS) is 43.2. The van der Waals surface area contributed by atoms with Gasteiger partial charge in [-0.05, 0) is 62.1 Å². The lowest BCUT2D eigenvalue weighted by Crippen LogP contribution is -2.56. The van der Waals surface area contributed by atoms with Gasteiger partial charge in [-0.2, -0.15) is 0 Å². The van der Waals surface area contributed by atoms with Crippen LogP contribution in [-0.2, 0) is 4.79 Å². The summed E-state index contributed by atoms with van der Waals surface area (Å²) in [5.41, 5.74) is -2.40. The SMILES string of the molecule is CC12CC=C3C(O)C4(F)CC(O)CCC4CC[C@]3(O)C1CC=C2C(=O)Nc1cccnc1. The molecule has 4 aliphatic rings. The van der Waals surface area contributed by atoms with E-state index in [1.165, 1.54) is 0 Å². The first-order chi connectivity index (χ1) is 15.2. The molecule has 1 heterocycles. The second kappa shape index (κ2) is 7.47. The van der Waals surface area contributed by atoms with Gasteiger partial charge >= 0.3 is 0 Å². The number of carbonyl (C=O) groups excluding carboxylic acids is 1. The molecular formula is C25H31FN2O4.